The van der Waals surface area contributed by atoms with Gasteiger partial charge in [-0.15, -0.1) is 24.0 Å². The first-order valence-electron chi connectivity index (χ1n) is 10.4. The molecule has 0 saturated carbocycles. The summed E-state index contributed by atoms with van der Waals surface area (Å²) in [6, 6.07) is 12.3. The minimum absolute atomic E-state index is 0. The van der Waals surface area contributed by atoms with E-state index in [1.165, 1.54) is 12.1 Å². The predicted molar refractivity (Wildman–Crippen MR) is 132 cm³/mol. The van der Waals surface area contributed by atoms with Gasteiger partial charge in [0, 0.05) is 51.9 Å². The molecule has 2 aromatic rings. The third-order valence-electron chi connectivity index (χ3n) is 4.89. The fourth-order valence-corrected chi connectivity index (χ4v) is 3.32. The highest BCUT2D eigenvalue weighted by Crippen LogP contribution is 2.13. The maximum absolute atomic E-state index is 13.3. The Morgan fingerprint density at radius 2 is 1.94 bits per heavy atom. The number of aliphatic imine (C=N–C) groups is 1. The summed E-state index contributed by atoms with van der Waals surface area (Å²) in [4.78, 5) is 25.5. The number of nitrogens with zero attached hydrogens (tertiary/aromatic N) is 4. The zero-order valence-electron chi connectivity index (χ0n) is 17.8. The van der Waals surface area contributed by atoms with Crippen LogP contribution in [0.1, 0.15) is 18.9 Å². The molecule has 3 rings (SSSR count). The molecule has 1 aromatic carbocycles. The molecule has 1 saturated heterocycles. The number of hydrogen-bond donors (Lipinski definition) is 2. The Kier molecular flexibility index (Phi) is 10.5. The number of amides is 1. The SMILES string of the molecule is CCNC(=NCc1cccc(F)c1)NCCC(=O)N1CCN(c2ccccn2)CC1.I. The van der Waals surface area contributed by atoms with Gasteiger partial charge in [0.2, 0.25) is 5.91 Å². The molecule has 0 unspecified atom stereocenters. The molecule has 168 valence electrons. The first-order valence-corrected chi connectivity index (χ1v) is 10.4. The molecule has 0 radical (unpaired) electrons. The highest BCUT2D eigenvalue weighted by atomic mass is 127. The van der Waals surface area contributed by atoms with E-state index in [1.807, 2.05) is 36.1 Å². The summed E-state index contributed by atoms with van der Waals surface area (Å²) in [5.74, 6) is 1.43. The van der Waals surface area contributed by atoms with Crippen molar-refractivity contribution in [3.63, 3.8) is 0 Å². The molecule has 0 aliphatic carbocycles. The van der Waals surface area contributed by atoms with Gasteiger partial charge in [0.1, 0.15) is 11.6 Å². The van der Waals surface area contributed by atoms with Gasteiger partial charge in [0.25, 0.3) is 0 Å². The number of piperazine rings is 1. The van der Waals surface area contributed by atoms with Crippen LogP contribution < -0.4 is 15.5 Å². The van der Waals surface area contributed by atoms with Crippen molar-refractivity contribution in [2.45, 2.75) is 19.9 Å². The van der Waals surface area contributed by atoms with E-state index in [1.54, 1.807) is 12.3 Å². The van der Waals surface area contributed by atoms with Gasteiger partial charge in [-0.1, -0.05) is 18.2 Å². The predicted octanol–water partition coefficient (Wildman–Crippen LogP) is 2.63. The molecule has 1 aliphatic heterocycles. The number of rotatable bonds is 7. The van der Waals surface area contributed by atoms with Crippen molar-refractivity contribution in [1.29, 1.82) is 0 Å². The van der Waals surface area contributed by atoms with Crippen molar-refractivity contribution in [1.82, 2.24) is 20.5 Å². The topological polar surface area (TPSA) is 72.9 Å². The van der Waals surface area contributed by atoms with Crippen LogP contribution in [-0.2, 0) is 11.3 Å². The third kappa shape index (κ3) is 7.97. The van der Waals surface area contributed by atoms with Crippen molar-refractivity contribution in [3.8, 4) is 0 Å². The van der Waals surface area contributed by atoms with E-state index in [4.69, 9.17) is 0 Å². The second kappa shape index (κ2) is 13.1. The second-order valence-electron chi connectivity index (χ2n) is 7.06. The van der Waals surface area contributed by atoms with Gasteiger partial charge in [-0.05, 0) is 36.8 Å². The van der Waals surface area contributed by atoms with Crippen LogP contribution in [0.25, 0.3) is 0 Å². The van der Waals surface area contributed by atoms with Crippen LogP contribution >= 0.6 is 24.0 Å². The Labute approximate surface area is 200 Å². The van der Waals surface area contributed by atoms with Crippen LogP contribution in [0.2, 0.25) is 0 Å². The molecule has 1 aromatic heterocycles. The van der Waals surface area contributed by atoms with Gasteiger partial charge >= 0.3 is 0 Å². The Balaban J connectivity index is 0.00000341. The number of anilines is 1. The van der Waals surface area contributed by atoms with E-state index in [0.717, 1.165) is 24.5 Å². The lowest BCUT2D eigenvalue weighted by Gasteiger charge is -2.35. The average molecular weight is 540 g/mol. The van der Waals surface area contributed by atoms with Crippen LogP contribution in [0.3, 0.4) is 0 Å². The van der Waals surface area contributed by atoms with Gasteiger partial charge in [-0.3, -0.25) is 4.79 Å². The van der Waals surface area contributed by atoms with Crippen LogP contribution in [0.5, 0.6) is 0 Å². The van der Waals surface area contributed by atoms with Gasteiger partial charge in [-0.2, -0.15) is 0 Å². The summed E-state index contributed by atoms with van der Waals surface area (Å²) < 4.78 is 13.3. The molecule has 2 N–H and O–H groups in total. The monoisotopic (exact) mass is 540 g/mol. The van der Waals surface area contributed by atoms with Gasteiger partial charge in [0.15, 0.2) is 5.96 Å². The van der Waals surface area contributed by atoms with E-state index in [2.05, 4.69) is 25.5 Å². The third-order valence-corrected chi connectivity index (χ3v) is 4.89. The smallest absolute Gasteiger partial charge is 0.224 e. The van der Waals surface area contributed by atoms with Crippen molar-refractivity contribution in [3.05, 3.63) is 60.0 Å². The minimum atomic E-state index is -0.269. The van der Waals surface area contributed by atoms with E-state index in [9.17, 15) is 9.18 Å². The lowest BCUT2D eigenvalue weighted by Crippen LogP contribution is -2.49. The van der Waals surface area contributed by atoms with Gasteiger partial charge < -0.3 is 20.4 Å². The van der Waals surface area contributed by atoms with Crippen molar-refractivity contribution in [2.75, 3.05) is 44.2 Å². The number of aromatic nitrogens is 1. The summed E-state index contributed by atoms with van der Waals surface area (Å²) in [6.45, 7) is 6.52. The number of benzene rings is 1. The van der Waals surface area contributed by atoms with Crippen LogP contribution in [0.4, 0.5) is 10.2 Å². The normalized spacial score (nSPS) is 14.1. The molecular weight excluding hydrogens is 510 g/mol. The molecule has 1 fully saturated rings. The lowest BCUT2D eigenvalue weighted by atomic mass is 10.2. The minimum Gasteiger partial charge on any atom is -0.357 e. The second-order valence-corrected chi connectivity index (χ2v) is 7.06. The fourth-order valence-electron chi connectivity index (χ4n) is 3.32. The number of hydrogen-bond acceptors (Lipinski definition) is 4. The summed E-state index contributed by atoms with van der Waals surface area (Å²) in [5, 5.41) is 6.34. The molecule has 0 spiro atoms. The number of halogens is 2. The first kappa shape index (κ1) is 24.8. The summed E-state index contributed by atoms with van der Waals surface area (Å²) in [7, 11) is 0. The van der Waals surface area contributed by atoms with E-state index < -0.39 is 0 Å². The summed E-state index contributed by atoms with van der Waals surface area (Å²) in [6.07, 6.45) is 2.18. The van der Waals surface area contributed by atoms with E-state index in [0.29, 0.717) is 45.1 Å². The molecule has 31 heavy (non-hydrogen) atoms. The Hall–Kier alpha value is -2.43. The van der Waals surface area contributed by atoms with Gasteiger partial charge in [0.05, 0.1) is 6.54 Å². The van der Waals surface area contributed by atoms with Crippen molar-refractivity contribution >= 4 is 41.7 Å². The van der Waals surface area contributed by atoms with E-state index >= 15 is 0 Å². The first-order chi connectivity index (χ1) is 14.7. The van der Waals surface area contributed by atoms with Crippen LogP contribution in [0.15, 0.2) is 53.7 Å². The zero-order valence-corrected chi connectivity index (χ0v) is 20.1. The van der Waals surface area contributed by atoms with E-state index in [-0.39, 0.29) is 35.7 Å². The maximum Gasteiger partial charge on any atom is 0.224 e. The molecule has 0 atom stereocenters. The number of nitrogens with one attached hydrogen (secondary N) is 2. The zero-order chi connectivity index (χ0) is 21.2. The fraction of sp³-hybridized carbons (Fsp3) is 0.409. The highest BCUT2D eigenvalue weighted by Gasteiger charge is 2.21. The van der Waals surface area contributed by atoms with Crippen LogP contribution in [-0.4, -0.2) is 61.0 Å². The molecular formula is C22H30FIN6O. The largest absolute Gasteiger partial charge is 0.357 e. The lowest BCUT2D eigenvalue weighted by molar-refractivity contribution is -0.131. The molecule has 0 bridgehead atoms. The molecule has 2 heterocycles. The standard InChI is InChI=1S/C22H29FN6O.HI/c1-2-24-22(27-17-18-6-5-7-19(23)16-18)26-11-9-21(30)29-14-12-28(13-15-29)20-8-3-4-10-25-20;/h3-8,10,16H,2,9,11-15,17H2,1H3,(H2,24,26,27);1H. The molecule has 9 heteroatoms. The number of carbonyl (C=O) groups excluding carboxylic acids is 1. The number of carbonyl (C=O) groups is 1. The quantitative estimate of drug-likeness (QED) is 0.321. The number of guanidine groups is 1. The molecule has 7 nitrogen and oxygen atoms in total. The number of pyridine rings is 1. The molecule has 1 amide bonds. The summed E-state index contributed by atoms with van der Waals surface area (Å²) >= 11 is 0. The van der Waals surface area contributed by atoms with Crippen LogP contribution in [0, 0.1) is 5.82 Å². The molecule has 1 aliphatic rings. The Morgan fingerprint density at radius 1 is 1.13 bits per heavy atom. The Bertz CT molecular complexity index is 843. The summed E-state index contributed by atoms with van der Waals surface area (Å²) in [5.41, 5.74) is 0.800. The van der Waals surface area contributed by atoms with Crippen molar-refractivity contribution < 1.29 is 9.18 Å². The maximum atomic E-state index is 13.3. The average Bonchev–Trinajstić information content (AvgIpc) is 2.78. The highest BCUT2D eigenvalue weighted by molar-refractivity contribution is 14.0. The Morgan fingerprint density at radius 3 is 2.61 bits per heavy atom. The van der Waals surface area contributed by atoms with Gasteiger partial charge in [-0.25, -0.2) is 14.4 Å². The van der Waals surface area contributed by atoms with Crippen molar-refractivity contribution in [2.24, 2.45) is 4.99 Å².